The first kappa shape index (κ1) is 13.6. The van der Waals surface area contributed by atoms with E-state index >= 15 is 0 Å². The molecule has 6 heteroatoms. The molecule has 1 aliphatic rings. The number of hydrogen-bond donors (Lipinski definition) is 1. The third-order valence-electron chi connectivity index (χ3n) is 3.32. The molecule has 1 fully saturated rings. The SMILES string of the molecule is Cn1ccnc1CN(C(=O)CCCC(=O)O)C1CC1. The predicted molar refractivity (Wildman–Crippen MR) is 68.3 cm³/mol. The second-order valence-corrected chi connectivity index (χ2v) is 4.95. The summed E-state index contributed by atoms with van der Waals surface area (Å²) in [4.78, 5) is 28.7. The van der Waals surface area contributed by atoms with Crippen LogP contribution in [0.1, 0.15) is 37.9 Å². The summed E-state index contributed by atoms with van der Waals surface area (Å²) >= 11 is 0. The van der Waals surface area contributed by atoms with Crippen LogP contribution in [0, 0.1) is 0 Å². The van der Waals surface area contributed by atoms with E-state index in [-0.39, 0.29) is 12.3 Å². The molecule has 0 aromatic carbocycles. The van der Waals surface area contributed by atoms with Crippen molar-refractivity contribution in [1.82, 2.24) is 14.5 Å². The molecule has 104 valence electrons. The molecule has 6 nitrogen and oxygen atoms in total. The lowest BCUT2D eigenvalue weighted by atomic mass is 10.2. The highest BCUT2D eigenvalue weighted by molar-refractivity contribution is 5.77. The maximum absolute atomic E-state index is 12.1. The Morgan fingerprint density at radius 3 is 2.74 bits per heavy atom. The van der Waals surface area contributed by atoms with Gasteiger partial charge in [-0.2, -0.15) is 0 Å². The first-order chi connectivity index (χ1) is 9.08. The highest BCUT2D eigenvalue weighted by Gasteiger charge is 2.32. The molecule has 2 rings (SSSR count). The number of rotatable bonds is 7. The molecule has 0 unspecified atom stereocenters. The smallest absolute Gasteiger partial charge is 0.303 e. The molecule has 1 aliphatic carbocycles. The maximum Gasteiger partial charge on any atom is 0.303 e. The Hall–Kier alpha value is -1.85. The summed E-state index contributed by atoms with van der Waals surface area (Å²) in [6, 6.07) is 0.314. The molecule has 1 N–H and O–H groups in total. The van der Waals surface area contributed by atoms with Crippen LogP contribution in [0.5, 0.6) is 0 Å². The molecule has 1 heterocycles. The van der Waals surface area contributed by atoms with Gasteiger partial charge in [-0.15, -0.1) is 0 Å². The molecule has 0 saturated heterocycles. The Morgan fingerprint density at radius 1 is 1.47 bits per heavy atom. The van der Waals surface area contributed by atoms with Crippen molar-refractivity contribution < 1.29 is 14.7 Å². The number of hydrogen-bond acceptors (Lipinski definition) is 3. The molecule has 0 bridgehead atoms. The van der Waals surface area contributed by atoms with Gasteiger partial charge in [0.05, 0.1) is 6.54 Å². The van der Waals surface area contributed by atoms with Crippen LogP contribution in [0.25, 0.3) is 0 Å². The van der Waals surface area contributed by atoms with Gasteiger partial charge < -0.3 is 14.6 Å². The number of aliphatic carboxylic acids is 1. The minimum atomic E-state index is -0.852. The normalized spacial score (nSPS) is 14.4. The number of carbonyl (C=O) groups excluding carboxylic acids is 1. The quantitative estimate of drug-likeness (QED) is 0.803. The monoisotopic (exact) mass is 265 g/mol. The average Bonchev–Trinajstić information content (AvgIpc) is 3.10. The van der Waals surface area contributed by atoms with Crippen molar-refractivity contribution in [2.24, 2.45) is 7.05 Å². The topological polar surface area (TPSA) is 75.4 Å². The molecule has 1 amide bonds. The van der Waals surface area contributed by atoms with Crippen LogP contribution in [0.4, 0.5) is 0 Å². The number of carbonyl (C=O) groups is 2. The standard InChI is InChI=1S/C13H19N3O3/c1-15-8-7-14-11(15)9-16(10-5-6-10)12(17)3-2-4-13(18)19/h7-8,10H,2-6,9H2,1H3,(H,18,19). The number of carboxylic acid groups (broad SMARTS) is 1. The van der Waals surface area contributed by atoms with Crippen LogP contribution in [-0.4, -0.2) is 37.5 Å². The minimum Gasteiger partial charge on any atom is -0.481 e. The fourth-order valence-electron chi connectivity index (χ4n) is 2.04. The maximum atomic E-state index is 12.1. The number of amides is 1. The van der Waals surface area contributed by atoms with Gasteiger partial charge in [0.25, 0.3) is 0 Å². The van der Waals surface area contributed by atoms with Gasteiger partial charge in [-0.1, -0.05) is 0 Å². The van der Waals surface area contributed by atoms with Crippen molar-refractivity contribution in [3.05, 3.63) is 18.2 Å². The zero-order valence-corrected chi connectivity index (χ0v) is 11.1. The fourth-order valence-corrected chi connectivity index (χ4v) is 2.04. The molecule has 19 heavy (non-hydrogen) atoms. The number of aryl methyl sites for hydroxylation is 1. The molecule has 0 radical (unpaired) electrons. The van der Waals surface area contributed by atoms with Gasteiger partial charge in [-0.3, -0.25) is 9.59 Å². The molecule has 0 atom stereocenters. The lowest BCUT2D eigenvalue weighted by molar-refractivity contribution is -0.137. The van der Waals surface area contributed by atoms with E-state index in [1.807, 2.05) is 22.7 Å². The summed E-state index contributed by atoms with van der Waals surface area (Å²) in [6.45, 7) is 0.514. The van der Waals surface area contributed by atoms with Gasteiger partial charge in [0.2, 0.25) is 5.91 Å². The van der Waals surface area contributed by atoms with Gasteiger partial charge in [0.1, 0.15) is 5.82 Å². The predicted octanol–water partition coefficient (Wildman–Crippen LogP) is 1.17. The van der Waals surface area contributed by atoms with Gasteiger partial charge in [0.15, 0.2) is 0 Å². The summed E-state index contributed by atoms with van der Waals surface area (Å²) in [5.41, 5.74) is 0. The van der Waals surface area contributed by atoms with Crippen LogP contribution < -0.4 is 0 Å². The molecule has 0 aliphatic heterocycles. The largest absolute Gasteiger partial charge is 0.481 e. The molecule has 1 saturated carbocycles. The van der Waals surface area contributed by atoms with Gasteiger partial charge in [-0.05, 0) is 19.3 Å². The molecule has 1 aromatic heterocycles. The minimum absolute atomic E-state index is 0.0340. The summed E-state index contributed by atoms with van der Waals surface area (Å²) in [6.07, 6.45) is 6.40. The van der Waals surface area contributed by atoms with E-state index < -0.39 is 5.97 Å². The zero-order chi connectivity index (χ0) is 13.8. The van der Waals surface area contributed by atoms with E-state index in [9.17, 15) is 9.59 Å². The number of aromatic nitrogens is 2. The van der Waals surface area contributed by atoms with Crippen molar-refractivity contribution >= 4 is 11.9 Å². The van der Waals surface area contributed by atoms with Gasteiger partial charge in [0, 0.05) is 38.3 Å². The lowest BCUT2D eigenvalue weighted by Crippen LogP contribution is -2.33. The molecule has 0 spiro atoms. The Bertz CT molecular complexity index is 465. The summed E-state index contributed by atoms with van der Waals surface area (Å²) in [5, 5.41) is 8.59. The molecular weight excluding hydrogens is 246 g/mol. The Kier molecular flexibility index (Phi) is 4.19. The first-order valence-electron chi connectivity index (χ1n) is 6.55. The molecule has 1 aromatic rings. The van der Waals surface area contributed by atoms with Crippen molar-refractivity contribution in [3.8, 4) is 0 Å². The Balaban J connectivity index is 1.90. The van der Waals surface area contributed by atoms with E-state index in [1.165, 1.54) is 0 Å². The zero-order valence-electron chi connectivity index (χ0n) is 11.1. The van der Waals surface area contributed by atoms with Crippen LogP contribution in [0.3, 0.4) is 0 Å². The number of carboxylic acids is 1. The van der Waals surface area contributed by atoms with Crippen molar-refractivity contribution in [2.45, 2.75) is 44.7 Å². The van der Waals surface area contributed by atoms with Crippen LogP contribution in [-0.2, 0) is 23.2 Å². The van der Waals surface area contributed by atoms with Crippen molar-refractivity contribution in [1.29, 1.82) is 0 Å². The third kappa shape index (κ3) is 3.81. The van der Waals surface area contributed by atoms with Crippen LogP contribution in [0.2, 0.25) is 0 Å². The van der Waals surface area contributed by atoms with Gasteiger partial charge >= 0.3 is 5.97 Å². The Labute approximate surface area is 112 Å². The number of imidazole rings is 1. The van der Waals surface area contributed by atoms with Gasteiger partial charge in [-0.25, -0.2) is 4.98 Å². The summed E-state index contributed by atoms with van der Waals surface area (Å²) < 4.78 is 1.90. The highest BCUT2D eigenvalue weighted by atomic mass is 16.4. The summed E-state index contributed by atoms with van der Waals surface area (Å²) in [5.74, 6) is 0.0418. The van der Waals surface area contributed by atoms with E-state index in [1.54, 1.807) is 6.20 Å². The van der Waals surface area contributed by atoms with Crippen LogP contribution >= 0.6 is 0 Å². The van der Waals surface area contributed by atoms with Crippen LogP contribution in [0.15, 0.2) is 12.4 Å². The second kappa shape index (κ2) is 5.86. The average molecular weight is 265 g/mol. The first-order valence-corrected chi connectivity index (χ1v) is 6.55. The Morgan fingerprint density at radius 2 is 2.21 bits per heavy atom. The second-order valence-electron chi connectivity index (χ2n) is 4.95. The highest BCUT2D eigenvalue weighted by Crippen LogP contribution is 2.29. The lowest BCUT2D eigenvalue weighted by Gasteiger charge is -2.22. The molecular formula is C13H19N3O3. The van der Waals surface area contributed by atoms with E-state index in [4.69, 9.17) is 5.11 Å². The van der Waals surface area contributed by atoms with E-state index in [0.717, 1.165) is 18.7 Å². The van der Waals surface area contributed by atoms with Crippen molar-refractivity contribution in [2.75, 3.05) is 0 Å². The third-order valence-corrected chi connectivity index (χ3v) is 3.32. The van der Waals surface area contributed by atoms with E-state index in [2.05, 4.69) is 4.98 Å². The summed E-state index contributed by atoms with van der Waals surface area (Å²) in [7, 11) is 1.91. The van der Waals surface area contributed by atoms with E-state index in [0.29, 0.717) is 25.4 Å². The number of nitrogens with zero attached hydrogens (tertiary/aromatic N) is 3. The van der Waals surface area contributed by atoms with Crippen molar-refractivity contribution in [3.63, 3.8) is 0 Å². The fraction of sp³-hybridized carbons (Fsp3) is 0.615.